The molecule has 1 N–H and O–H groups in total. The van der Waals surface area contributed by atoms with Crippen molar-refractivity contribution in [3.8, 4) is 0 Å². The number of anilines is 2. The minimum atomic E-state index is -0.215. The lowest BCUT2D eigenvalue weighted by Gasteiger charge is -2.17. The first-order valence-corrected chi connectivity index (χ1v) is 13.2. The molecule has 3 amide bonds. The van der Waals surface area contributed by atoms with E-state index in [1.807, 2.05) is 31.2 Å². The molecular formula is C25H20ClN3O3S2. The largest absolute Gasteiger partial charge is 0.325 e. The highest BCUT2D eigenvalue weighted by Gasteiger charge is 2.59. The zero-order chi connectivity index (χ0) is 23.6. The van der Waals surface area contributed by atoms with E-state index in [9.17, 15) is 14.4 Å². The van der Waals surface area contributed by atoms with Crippen LogP contribution in [-0.2, 0) is 14.4 Å². The SMILES string of the molecule is Cc1ccc(NC(=O)CSc2nc3ccc(N4C(=O)[C@H]5[C@H](C4=O)[C@H]4C=C[C@H]5C4)cc3s2)cc1Cl. The minimum Gasteiger partial charge on any atom is -0.325 e. The van der Waals surface area contributed by atoms with Gasteiger partial charge in [-0.1, -0.05) is 41.6 Å². The second-order valence-electron chi connectivity index (χ2n) is 8.94. The minimum absolute atomic E-state index is 0.0850. The first-order valence-electron chi connectivity index (χ1n) is 11.0. The van der Waals surface area contributed by atoms with Gasteiger partial charge in [0, 0.05) is 10.7 Å². The molecule has 172 valence electrons. The Kier molecular flexibility index (Phi) is 5.28. The van der Waals surface area contributed by atoms with Gasteiger partial charge in [-0.2, -0.15) is 0 Å². The Balaban J connectivity index is 1.15. The molecule has 0 radical (unpaired) electrons. The van der Waals surface area contributed by atoms with E-state index in [-0.39, 0.29) is 47.1 Å². The van der Waals surface area contributed by atoms with E-state index < -0.39 is 0 Å². The number of fused-ring (bicyclic) bond motifs is 6. The number of nitrogens with zero attached hydrogens (tertiary/aromatic N) is 2. The fourth-order valence-electron chi connectivity index (χ4n) is 5.24. The van der Waals surface area contributed by atoms with E-state index >= 15 is 0 Å². The summed E-state index contributed by atoms with van der Waals surface area (Å²) in [4.78, 5) is 44.5. The number of allylic oxidation sites excluding steroid dienone is 2. The van der Waals surface area contributed by atoms with Gasteiger partial charge in [0.2, 0.25) is 17.7 Å². The van der Waals surface area contributed by atoms with Crippen LogP contribution in [0.1, 0.15) is 12.0 Å². The highest BCUT2D eigenvalue weighted by atomic mass is 35.5. The molecule has 6 nitrogen and oxygen atoms in total. The Bertz CT molecular complexity index is 1370. The molecule has 0 unspecified atom stereocenters. The van der Waals surface area contributed by atoms with E-state index in [2.05, 4.69) is 22.5 Å². The number of halogens is 1. The fraction of sp³-hybridized carbons (Fsp3) is 0.280. The van der Waals surface area contributed by atoms with Crippen LogP contribution < -0.4 is 10.2 Å². The number of thioether (sulfide) groups is 1. The van der Waals surface area contributed by atoms with Gasteiger partial charge in [-0.3, -0.25) is 14.4 Å². The van der Waals surface area contributed by atoms with Crippen LogP contribution in [-0.4, -0.2) is 28.5 Å². The molecule has 9 heteroatoms. The third-order valence-electron chi connectivity index (χ3n) is 6.86. The van der Waals surface area contributed by atoms with Crippen molar-refractivity contribution < 1.29 is 14.4 Å². The van der Waals surface area contributed by atoms with Crippen LogP contribution in [0.4, 0.5) is 11.4 Å². The number of nitrogens with one attached hydrogen (secondary N) is 1. The number of carbonyl (C=O) groups excluding carboxylic acids is 3. The summed E-state index contributed by atoms with van der Waals surface area (Å²) in [5.74, 6) is -0.160. The van der Waals surface area contributed by atoms with Crippen molar-refractivity contribution in [1.29, 1.82) is 0 Å². The number of hydrogen-bond donors (Lipinski definition) is 1. The Morgan fingerprint density at radius 2 is 1.88 bits per heavy atom. The Morgan fingerprint density at radius 3 is 2.59 bits per heavy atom. The highest BCUT2D eigenvalue weighted by molar-refractivity contribution is 8.01. The quantitative estimate of drug-likeness (QED) is 0.287. The van der Waals surface area contributed by atoms with Gasteiger partial charge >= 0.3 is 0 Å². The zero-order valence-corrected chi connectivity index (χ0v) is 20.5. The van der Waals surface area contributed by atoms with E-state index in [0.717, 1.165) is 26.5 Å². The maximum absolute atomic E-state index is 13.1. The maximum Gasteiger partial charge on any atom is 0.238 e. The third kappa shape index (κ3) is 3.56. The molecule has 34 heavy (non-hydrogen) atoms. The summed E-state index contributed by atoms with van der Waals surface area (Å²) in [6.45, 7) is 1.91. The summed E-state index contributed by atoms with van der Waals surface area (Å²) in [5, 5.41) is 3.45. The first kappa shape index (κ1) is 21.8. The number of hydrogen-bond acceptors (Lipinski definition) is 6. The van der Waals surface area contributed by atoms with Crippen molar-refractivity contribution in [2.75, 3.05) is 16.0 Å². The first-order chi connectivity index (χ1) is 16.4. The Hall–Kier alpha value is -2.68. The molecule has 0 spiro atoms. The molecule has 1 aromatic heterocycles. The van der Waals surface area contributed by atoms with Crippen LogP contribution >= 0.6 is 34.7 Å². The molecule has 1 saturated heterocycles. The van der Waals surface area contributed by atoms with E-state index in [1.54, 1.807) is 12.1 Å². The molecule has 1 saturated carbocycles. The van der Waals surface area contributed by atoms with Crippen LogP contribution in [0.5, 0.6) is 0 Å². The van der Waals surface area contributed by atoms with Crippen molar-refractivity contribution in [2.24, 2.45) is 23.7 Å². The van der Waals surface area contributed by atoms with Crippen LogP contribution in [0.2, 0.25) is 5.02 Å². The molecule has 2 heterocycles. The average Bonchev–Trinajstić information content (AvgIpc) is 3.57. The monoisotopic (exact) mass is 509 g/mol. The van der Waals surface area contributed by atoms with Crippen molar-refractivity contribution in [3.63, 3.8) is 0 Å². The number of imide groups is 1. The predicted molar refractivity (Wildman–Crippen MR) is 135 cm³/mol. The lowest BCUT2D eigenvalue weighted by molar-refractivity contribution is -0.123. The van der Waals surface area contributed by atoms with Crippen LogP contribution in [0.3, 0.4) is 0 Å². The Morgan fingerprint density at radius 1 is 1.15 bits per heavy atom. The zero-order valence-electron chi connectivity index (χ0n) is 18.2. The number of aromatic nitrogens is 1. The molecule has 3 aromatic rings. The summed E-state index contributed by atoms with van der Waals surface area (Å²) >= 11 is 8.92. The van der Waals surface area contributed by atoms with Crippen LogP contribution in [0, 0.1) is 30.6 Å². The summed E-state index contributed by atoms with van der Waals surface area (Å²) < 4.78 is 1.63. The number of benzene rings is 2. The van der Waals surface area contributed by atoms with Gasteiger partial charge in [-0.15, -0.1) is 11.3 Å². The Labute approximate surface area is 209 Å². The summed E-state index contributed by atoms with van der Waals surface area (Å²) in [7, 11) is 0. The summed E-state index contributed by atoms with van der Waals surface area (Å²) in [5.41, 5.74) is 2.99. The van der Waals surface area contributed by atoms with Crippen LogP contribution in [0.25, 0.3) is 10.2 Å². The van der Waals surface area contributed by atoms with E-state index in [0.29, 0.717) is 16.4 Å². The van der Waals surface area contributed by atoms with Gasteiger partial charge in [-0.25, -0.2) is 9.88 Å². The number of thiazole rings is 1. The smallest absolute Gasteiger partial charge is 0.238 e. The number of carbonyl (C=O) groups is 3. The number of rotatable bonds is 5. The molecule has 6 rings (SSSR count). The van der Waals surface area contributed by atoms with Crippen molar-refractivity contribution >= 4 is 74.0 Å². The van der Waals surface area contributed by atoms with Gasteiger partial charge in [-0.05, 0) is 61.1 Å². The molecular weight excluding hydrogens is 490 g/mol. The highest BCUT2D eigenvalue weighted by Crippen LogP contribution is 2.53. The molecule has 4 atom stereocenters. The molecule has 3 aliphatic rings. The van der Waals surface area contributed by atoms with Gasteiger partial charge in [0.15, 0.2) is 4.34 Å². The van der Waals surface area contributed by atoms with Crippen LogP contribution in [0.15, 0.2) is 52.9 Å². The van der Waals surface area contributed by atoms with E-state index in [4.69, 9.17) is 11.6 Å². The fourth-order valence-corrected chi connectivity index (χ4v) is 7.33. The van der Waals surface area contributed by atoms with Gasteiger partial charge < -0.3 is 5.32 Å². The molecule has 2 bridgehead atoms. The van der Waals surface area contributed by atoms with Crippen molar-refractivity contribution in [3.05, 3.63) is 59.1 Å². The topological polar surface area (TPSA) is 79.4 Å². The second-order valence-corrected chi connectivity index (χ2v) is 11.6. The van der Waals surface area contributed by atoms with Gasteiger partial charge in [0.05, 0.1) is 33.5 Å². The standard InChI is InChI=1S/C25H20ClN3O3S2/c1-12-2-5-15(9-17(12)26)27-20(30)11-33-25-28-18-7-6-16(10-19(18)34-25)29-23(31)21-13-3-4-14(8-13)22(21)24(29)32/h2-7,9-10,13-14,21-22H,8,11H2,1H3,(H,27,30)/t13-,14-,21+,22+/m0/s1. The summed E-state index contributed by atoms with van der Waals surface area (Å²) in [6.07, 6.45) is 5.11. The molecule has 1 aliphatic heterocycles. The molecule has 2 fully saturated rings. The molecule has 2 aliphatic carbocycles. The number of aryl methyl sites for hydroxylation is 1. The average molecular weight is 510 g/mol. The maximum atomic E-state index is 13.1. The lowest BCUT2D eigenvalue weighted by atomic mass is 9.85. The van der Waals surface area contributed by atoms with Gasteiger partial charge in [0.1, 0.15) is 0 Å². The predicted octanol–water partition coefficient (Wildman–Crippen LogP) is 5.30. The second kappa shape index (κ2) is 8.22. The van der Waals surface area contributed by atoms with Crippen molar-refractivity contribution in [1.82, 2.24) is 4.98 Å². The van der Waals surface area contributed by atoms with Gasteiger partial charge in [0.25, 0.3) is 0 Å². The molecule has 2 aromatic carbocycles. The normalized spacial score (nSPS) is 24.9. The van der Waals surface area contributed by atoms with Crippen molar-refractivity contribution in [2.45, 2.75) is 17.7 Å². The summed E-state index contributed by atoms with van der Waals surface area (Å²) in [6, 6.07) is 10.9. The van der Waals surface area contributed by atoms with E-state index in [1.165, 1.54) is 28.0 Å². The number of amides is 3. The third-order valence-corrected chi connectivity index (χ3v) is 9.43. The lowest BCUT2D eigenvalue weighted by Crippen LogP contribution is -2.32.